The molecule has 0 radical (unpaired) electrons. The van der Waals surface area contributed by atoms with Gasteiger partial charge in [-0.2, -0.15) is 0 Å². The van der Waals surface area contributed by atoms with Crippen LogP contribution in [0, 0.1) is 0 Å². The summed E-state index contributed by atoms with van der Waals surface area (Å²) in [4.78, 5) is 17.9. The molecule has 1 atom stereocenters. The quantitative estimate of drug-likeness (QED) is 0.926. The van der Waals surface area contributed by atoms with Crippen LogP contribution in [0.2, 0.25) is 0 Å². The lowest BCUT2D eigenvalue weighted by molar-refractivity contribution is -0.120. The van der Waals surface area contributed by atoms with Gasteiger partial charge in [0.05, 0.1) is 0 Å². The van der Waals surface area contributed by atoms with Crippen molar-refractivity contribution in [3.8, 4) is 11.6 Å². The molecule has 0 saturated carbocycles. The Morgan fingerprint density at radius 2 is 2.08 bits per heavy atom. The van der Waals surface area contributed by atoms with E-state index in [9.17, 15) is 4.79 Å². The molecule has 1 aromatic heterocycles. The molecule has 4 rings (SSSR count). The first kappa shape index (κ1) is 15.9. The number of hydrogen-bond acceptors (Lipinski definition) is 5. The lowest BCUT2D eigenvalue weighted by Crippen LogP contribution is -2.28. The number of pyridine rings is 1. The number of ether oxygens (including phenoxy) is 2. The van der Waals surface area contributed by atoms with Crippen LogP contribution in [0.15, 0.2) is 42.6 Å². The Balaban J connectivity index is 1.40. The Bertz CT molecular complexity index is 748. The van der Waals surface area contributed by atoms with Gasteiger partial charge in [0.25, 0.3) is 5.88 Å². The Kier molecular flexibility index (Phi) is 4.52. The van der Waals surface area contributed by atoms with Crippen LogP contribution in [0.4, 0.5) is 0 Å². The molecule has 1 unspecified atom stereocenters. The van der Waals surface area contributed by atoms with Gasteiger partial charge in [0.1, 0.15) is 6.61 Å². The predicted molar refractivity (Wildman–Crippen MR) is 92.4 cm³/mol. The molecule has 6 heteroatoms. The van der Waals surface area contributed by atoms with E-state index in [0.29, 0.717) is 24.7 Å². The third kappa shape index (κ3) is 3.74. The van der Waals surface area contributed by atoms with Crippen LogP contribution in [0.25, 0.3) is 0 Å². The summed E-state index contributed by atoms with van der Waals surface area (Å²) >= 11 is 0. The fraction of sp³-hybridized carbons (Fsp3) is 0.368. The van der Waals surface area contributed by atoms with Crippen molar-refractivity contribution in [3.63, 3.8) is 0 Å². The number of carbonyl (C=O) groups excluding carboxylic acids is 1. The van der Waals surface area contributed by atoms with Crippen molar-refractivity contribution < 1.29 is 14.3 Å². The second-order valence-electron chi connectivity index (χ2n) is 6.34. The van der Waals surface area contributed by atoms with Crippen LogP contribution < -0.4 is 14.8 Å². The van der Waals surface area contributed by atoms with Crippen molar-refractivity contribution in [2.45, 2.75) is 19.1 Å². The highest BCUT2D eigenvalue weighted by molar-refractivity contribution is 5.76. The molecule has 1 aromatic carbocycles. The van der Waals surface area contributed by atoms with Crippen molar-refractivity contribution in [2.75, 3.05) is 26.2 Å². The minimum absolute atomic E-state index is 0.140. The molecule has 130 valence electrons. The van der Waals surface area contributed by atoms with Gasteiger partial charge in [-0.25, -0.2) is 4.98 Å². The molecule has 1 fully saturated rings. The molecule has 2 aliphatic heterocycles. The van der Waals surface area contributed by atoms with Crippen molar-refractivity contribution in [3.05, 3.63) is 53.7 Å². The van der Waals surface area contributed by atoms with Gasteiger partial charge >= 0.3 is 0 Å². The van der Waals surface area contributed by atoms with Gasteiger partial charge < -0.3 is 14.8 Å². The Morgan fingerprint density at radius 3 is 2.96 bits per heavy atom. The number of benzene rings is 1. The Morgan fingerprint density at radius 1 is 1.20 bits per heavy atom. The predicted octanol–water partition coefficient (Wildman–Crippen LogP) is 1.92. The molecule has 1 amide bonds. The van der Waals surface area contributed by atoms with Crippen LogP contribution in [-0.2, 0) is 11.3 Å². The SMILES string of the molecule is O=C1CCN(Cc2ccc(C3COc4cccnc4O3)cc2)CCN1. The monoisotopic (exact) mass is 339 g/mol. The van der Waals surface area contributed by atoms with E-state index in [4.69, 9.17) is 9.47 Å². The average molecular weight is 339 g/mol. The summed E-state index contributed by atoms with van der Waals surface area (Å²) in [5, 5.41) is 2.90. The summed E-state index contributed by atoms with van der Waals surface area (Å²) in [6.07, 6.45) is 2.13. The van der Waals surface area contributed by atoms with Crippen molar-refractivity contribution in [1.82, 2.24) is 15.2 Å². The lowest BCUT2D eigenvalue weighted by Gasteiger charge is -2.26. The van der Waals surface area contributed by atoms with Crippen LogP contribution in [0.1, 0.15) is 23.7 Å². The van der Waals surface area contributed by atoms with E-state index in [0.717, 1.165) is 31.7 Å². The van der Waals surface area contributed by atoms with Crippen molar-refractivity contribution >= 4 is 5.91 Å². The highest BCUT2D eigenvalue weighted by Gasteiger charge is 2.23. The standard InChI is InChI=1S/C19H21N3O3/c23-18-7-10-22(11-9-20-18)12-14-3-5-15(6-4-14)17-13-24-16-2-1-8-21-19(16)25-17/h1-6,8,17H,7,9-13H2,(H,20,23). The van der Waals surface area contributed by atoms with Gasteiger partial charge in [-0.3, -0.25) is 9.69 Å². The first-order valence-corrected chi connectivity index (χ1v) is 8.60. The second-order valence-corrected chi connectivity index (χ2v) is 6.34. The summed E-state index contributed by atoms with van der Waals surface area (Å²) in [5.41, 5.74) is 2.31. The number of rotatable bonds is 3. The molecule has 25 heavy (non-hydrogen) atoms. The van der Waals surface area contributed by atoms with Crippen LogP contribution in [-0.4, -0.2) is 42.0 Å². The molecule has 0 bridgehead atoms. The Hall–Kier alpha value is -2.60. The zero-order chi connectivity index (χ0) is 17.1. The smallest absolute Gasteiger partial charge is 0.257 e. The van der Waals surface area contributed by atoms with E-state index < -0.39 is 0 Å². The molecule has 2 aromatic rings. The van der Waals surface area contributed by atoms with Gasteiger partial charge in [-0.15, -0.1) is 0 Å². The van der Waals surface area contributed by atoms with Crippen LogP contribution >= 0.6 is 0 Å². The maximum Gasteiger partial charge on any atom is 0.257 e. The van der Waals surface area contributed by atoms with Crippen molar-refractivity contribution in [1.29, 1.82) is 0 Å². The normalized spacial score (nSPS) is 20.6. The molecular formula is C19H21N3O3. The van der Waals surface area contributed by atoms with Crippen LogP contribution in [0.3, 0.4) is 0 Å². The first-order chi connectivity index (χ1) is 12.3. The fourth-order valence-corrected chi connectivity index (χ4v) is 3.14. The molecule has 0 aliphatic carbocycles. The minimum Gasteiger partial charge on any atom is -0.484 e. The van der Waals surface area contributed by atoms with Gasteiger partial charge in [-0.1, -0.05) is 24.3 Å². The number of nitrogens with one attached hydrogen (secondary N) is 1. The number of aromatic nitrogens is 1. The molecule has 6 nitrogen and oxygen atoms in total. The van der Waals surface area contributed by atoms with Gasteiger partial charge in [-0.05, 0) is 23.3 Å². The second kappa shape index (κ2) is 7.11. The van der Waals surface area contributed by atoms with E-state index in [-0.39, 0.29) is 12.0 Å². The molecule has 1 saturated heterocycles. The minimum atomic E-state index is -0.142. The summed E-state index contributed by atoms with van der Waals surface area (Å²) in [7, 11) is 0. The molecule has 1 N–H and O–H groups in total. The summed E-state index contributed by atoms with van der Waals surface area (Å²) < 4.78 is 11.7. The molecule has 3 heterocycles. The first-order valence-electron chi connectivity index (χ1n) is 8.60. The topological polar surface area (TPSA) is 63.7 Å². The van der Waals surface area contributed by atoms with Gasteiger partial charge in [0, 0.05) is 38.8 Å². The number of fused-ring (bicyclic) bond motifs is 1. The largest absolute Gasteiger partial charge is 0.484 e. The van der Waals surface area contributed by atoms with Crippen LogP contribution in [0.5, 0.6) is 11.6 Å². The highest BCUT2D eigenvalue weighted by atomic mass is 16.6. The number of nitrogens with zero attached hydrogens (tertiary/aromatic N) is 2. The van der Waals surface area contributed by atoms with Gasteiger partial charge in [0.2, 0.25) is 5.91 Å². The third-order valence-corrected chi connectivity index (χ3v) is 4.54. The maximum absolute atomic E-state index is 11.4. The zero-order valence-electron chi connectivity index (χ0n) is 14.0. The maximum atomic E-state index is 11.4. The zero-order valence-corrected chi connectivity index (χ0v) is 14.0. The van der Waals surface area contributed by atoms with E-state index in [1.54, 1.807) is 6.20 Å². The van der Waals surface area contributed by atoms with E-state index in [1.165, 1.54) is 5.56 Å². The van der Waals surface area contributed by atoms with Gasteiger partial charge in [0.15, 0.2) is 11.9 Å². The number of amides is 1. The fourth-order valence-electron chi connectivity index (χ4n) is 3.14. The summed E-state index contributed by atoms with van der Waals surface area (Å²) in [6, 6.07) is 12.1. The molecular weight excluding hydrogens is 318 g/mol. The Labute approximate surface area is 146 Å². The van der Waals surface area contributed by atoms with E-state index >= 15 is 0 Å². The molecule has 2 aliphatic rings. The van der Waals surface area contributed by atoms with Crippen molar-refractivity contribution in [2.24, 2.45) is 0 Å². The number of hydrogen-bond donors (Lipinski definition) is 1. The molecule has 0 spiro atoms. The lowest BCUT2D eigenvalue weighted by atomic mass is 10.1. The number of carbonyl (C=O) groups is 1. The van der Waals surface area contributed by atoms with E-state index in [1.807, 2.05) is 12.1 Å². The summed E-state index contributed by atoms with van der Waals surface area (Å²) in [6.45, 7) is 3.74. The third-order valence-electron chi connectivity index (χ3n) is 4.54. The highest BCUT2D eigenvalue weighted by Crippen LogP contribution is 2.33. The average Bonchev–Trinajstić information content (AvgIpc) is 2.86. The van der Waals surface area contributed by atoms with E-state index in [2.05, 4.69) is 39.5 Å². The summed E-state index contributed by atoms with van der Waals surface area (Å²) in [5.74, 6) is 1.38.